The molecular weight excluding hydrogens is 492 g/mol. The van der Waals surface area contributed by atoms with Crippen molar-refractivity contribution in [2.24, 2.45) is 10.5 Å². The standard InChI is InChI=1S/C27H30N4O7/c1-26(2,3)17-27(4,5)19-8-12-24(22(14-19)31(35)36)37-16-25(32)29-28-15-21-11-13-23(38-21)18-6-9-20(10-7-18)30(33)34/h6-15H,16-17H2,1-5H3,(H,29,32). The van der Waals surface area contributed by atoms with Gasteiger partial charge in [-0.25, -0.2) is 5.43 Å². The Balaban J connectivity index is 1.59. The van der Waals surface area contributed by atoms with Crippen molar-refractivity contribution in [3.63, 3.8) is 0 Å². The first-order valence-electron chi connectivity index (χ1n) is 11.8. The van der Waals surface area contributed by atoms with Crippen LogP contribution in [0.3, 0.4) is 0 Å². The van der Waals surface area contributed by atoms with Gasteiger partial charge >= 0.3 is 5.69 Å². The molecule has 0 bridgehead atoms. The van der Waals surface area contributed by atoms with Crippen LogP contribution in [0.5, 0.6) is 5.75 Å². The first-order valence-corrected chi connectivity index (χ1v) is 11.8. The van der Waals surface area contributed by atoms with Gasteiger partial charge in [0.1, 0.15) is 11.5 Å². The predicted molar refractivity (Wildman–Crippen MR) is 142 cm³/mol. The summed E-state index contributed by atoms with van der Waals surface area (Å²) < 4.78 is 11.0. The molecule has 0 aliphatic carbocycles. The number of non-ortho nitro benzene ring substituents is 1. The smallest absolute Gasteiger partial charge is 0.311 e. The number of hydrogen-bond acceptors (Lipinski definition) is 8. The average molecular weight is 523 g/mol. The minimum Gasteiger partial charge on any atom is -0.477 e. The zero-order valence-electron chi connectivity index (χ0n) is 21.9. The highest BCUT2D eigenvalue weighted by atomic mass is 16.6. The highest BCUT2D eigenvalue weighted by Crippen LogP contribution is 2.39. The monoisotopic (exact) mass is 522 g/mol. The van der Waals surface area contributed by atoms with Crippen LogP contribution in [0.1, 0.15) is 52.4 Å². The summed E-state index contributed by atoms with van der Waals surface area (Å²) >= 11 is 0. The molecule has 2 aromatic carbocycles. The van der Waals surface area contributed by atoms with Crippen LogP contribution in [0.15, 0.2) is 64.1 Å². The number of benzene rings is 2. The Kier molecular flexibility index (Phi) is 8.29. The molecule has 3 rings (SSSR count). The highest BCUT2D eigenvalue weighted by Gasteiger charge is 2.30. The third kappa shape index (κ3) is 7.48. The molecule has 0 aliphatic rings. The third-order valence-electron chi connectivity index (χ3n) is 5.64. The molecule has 3 aromatic rings. The molecule has 0 atom stereocenters. The van der Waals surface area contributed by atoms with E-state index >= 15 is 0 Å². The van der Waals surface area contributed by atoms with Crippen molar-refractivity contribution in [3.8, 4) is 17.1 Å². The maximum atomic E-state index is 12.2. The fourth-order valence-corrected chi connectivity index (χ4v) is 4.30. The summed E-state index contributed by atoms with van der Waals surface area (Å²) in [5.41, 5.74) is 3.23. The fourth-order valence-electron chi connectivity index (χ4n) is 4.30. The number of hydrazone groups is 1. The van der Waals surface area contributed by atoms with E-state index in [1.165, 1.54) is 30.5 Å². The maximum absolute atomic E-state index is 12.2. The molecule has 0 radical (unpaired) electrons. The molecule has 38 heavy (non-hydrogen) atoms. The Morgan fingerprint density at radius 1 is 1.00 bits per heavy atom. The van der Waals surface area contributed by atoms with Crippen LogP contribution in [0.2, 0.25) is 0 Å². The zero-order chi connectivity index (χ0) is 28.1. The zero-order valence-corrected chi connectivity index (χ0v) is 21.9. The van der Waals surface area contributed by atoms with Gasteiger partial charge in [0.15, 0.2) is 12.4 Å². The molecule has 0 saturated carbocycles. The van der Waals surface area contributed by atoms with Crippen molar-refractivity contribution >= 4 is 23.5 Å². The van der Waals surface area contributed by atoms with E-state index in [0.29, 0.717) is 17.1 Å². The molecule has 0 spiro atoms. The summed E-state index contributed by atoms with van der Waals surface area (Å²) in [4.78, 5) is 33.6. The van der Waals surface area contributed by atoms with Crippen LogP contribution < -0.4 is 10.2 Å². The minimum absolute atomic E-state index is 0.0109. The number of amides is 1. The van der Waals surface area contributed by atoms with E-state index in [9.17, 15) is 25.0 Å². The minimum atomic E-state index is -0.616. The molecule has 1 aromatic heterocycles. The van der Waals surface area contributed by atoms with Crippen molar-refractivity contribution < 1.29 is 23.8 Å². The van der Waals surface area contributed by atoms with E-state index in [0.717, 1.165) is 12.0 Å². The Hall–Kier alpha value is -4.54. The third-order valence-corrected chi connectivity index (χ3v) is 5.64. The number of ether oxygens (including phenoxy) is 1. The molecule has 0 fully saturated rings. The van der Waals surface area contributed by atoms with Crippen LogP contribution in [0, 0.1) is 25.6 Å². The van der Waals surface area contributed by atoms with Crippen molar-refractivity contribution in [1.82, 2.24) is 5.43 Å². The van der Waals surface area contributed by atoms with Crippen LogP contribution in [0.25, 0.3) is 11.3 Å². The molecule has 11 heteroatoms. The maximum Gasteiger partial charge on any atom is 0.311 e. The number of carbonyl (C=O) groups excluding carboxylic acids is 1. The molecule has 1 amide bonds. The average Bonchev–Trinajstić information content (AvgIpc) is 3.30. The topological polar surface area (TPSA) is 150 Å². The molecule has 1 N–H and O–H groups in total. The lowest BCUT2D eigenvalue weighted by Gasteiger charge is -2.33. The van der Waals surface area contributed by atoms with Gasteiger partial charge in [0.25, 0.3) is 11.6 Å². The number of nitrogens with one attached hydrogen (secondary N) is 1. The number of carbonyl (C=O) groups is 1. The molecule has 200 valence electrons. The van der Waals surface area contributed by atoms with E-state index in [4.69, 9.17) is 9.15 Å². The second-order valence-electron chi connectivity index (χ2n) is 10.6. The van der Waals surface area contributed by atoms with Crippen molar-refractivity contribution in [2.45, 2.75) is 46.5 Å². The van der Waals surface area contributed by atoms with E-state index in [1.54, 1.807) is 30.3 Å². The quantitative estimate of drug-likeness (QED) is 0.195. The molecule has 1 heterocycles. The van der Waals surface area contributed by atoms with Crippen molar-refractivity contribution in [1.29, 1.82) is 0 Å². The Labute approximate surface area is 219 Å². The normalized spacial score (nSPS) is 11.9. The predicted octanol–water partition coefficient (Wildman–Crippen LogP) is 6.01. The van der Waals surface area contributed by atoms with Gasteiger partial charge < -0.3 is 9.15 Å². The molecule has 0 aliphatic heterocycles. The number of nitro benzene ring substituents is 2. The number of rotatable bonds is 10. The molecule has 0 saturated heterocycles. The lowest BCUT2D eigenvalue weighted by Crippen LogP contribution is -2.26. The van der Waals surface area contributed by atoms with Crippen LogP contribution in [-0.2, 0) is 10.2 Å². The largest absolute Gasteiger partial charge is 0.477 e. The van der Waals surface area contributed by atoms with Gasteiger partial charge in [0, 0.05) is 23.8 Å². The molecule has 0 unspecified atom stereocenters. The van der Waals surface area contributed by atoms with Gasteiger partial charge in [0.05, 0.1) is 16.1 Å². The van der Waals surface area contributed by atoms with Crippen molar-refractivity contribution in [2.75, 3.05) is 6.61 Å². The Morgan fingerprint density at radius 3 is 2.29 bits per heavy atom. The van der Waals surface area contributed by atoms with E-state index in [1.807, 2.05) is 13.8 Å². The lowest BCUT2D eigenvalue weighted by atomic mass is 9.72. The van der Waals surface area contributed by atoms with Crippen LogP contribution in [0.4, 0.5) is 11.4 Å². The highest BCUT2D eigenvalue weighted by molar-refractivity contribution is 5.81. The van der Waals surface area contributed by atoms with Crippen molar-refractivity contribution in [3.05, 3.63) is 86.1 Å². The Morgan fingerprint density at radius 2 is 1.68 bits per heavy atom. The molecular formula is C27H30N4O7. The summed E-state index contributed by atoms with van der Waals surface area (Å²) in [6.07, 6.45) is 2.10. The van der Waals surface area contributed by atoms with E-state index in [2.05, 4.69) is 31.3 Å². The van der Waals surface area contributed by atoms with Crippen LogP contribution >= 0.6 is 0 Å². The summed E-state index contributed by atoms with van der Waals surface area (Å²) in [6, 6.07) is 13.9. The first-order chi connectivity index (χ1) is 17.7. The van der Waals surface area contributed by atoms with Gasteiger partial charge in [-0.3, -0.25) is 25.0 Å². The van der Waals surface area contributed by atoms with Gasteiger partial charge in [-0.1, -0.05) is 40.7 Å². The Bertz CT molecular complexity index is 1350. The van der Waals surface area contributed by atoms with Gasteiger partial charge in [0.2, 0.25) is 0 Å². The first kappa shape index (κ1) is 28.0. The second-order valence-corrected chi connectivity index (χ2v) is 10.6. The van der Waals surface area contributed by atoms with Crippen LogP contribution in [-0.4, -0.2) is 28.6 Å². The number of furan rings is 1. The fraction of sp³-hybridized carbons (Fsp3) is 0.333. The van der Waals surface area contributed by atoms with Gasteiger partial charge in [-0.05, 0) is 53.1 Å². The summed E-state index contributed by atoms with van der Waals surface area (Å²) in [5.74, 6) is 0.180. The number of nitro groups is 2. The van der Waals surface area contributed by atoms with E-state index < -0.39 is 22.4 Å². The van der Waals surface area contributed by atoms with Gasteiger partial charge in [-0.15, -0.1) is 0 Å². The lowest BCUT2D eigenvalue weighted by molar-refractivity contribution is -0.385. The SMILES string of the molecule is CC(C)(C)CC(C)(C)c1ccc(OCC(=O)NN=Cc2ccc(-c3ccc([N+](=O)[O-])cc3)o2)c([N+](=O)[O-])c1. The number of nitrogens with zero attached hydrogens (tertiary/aromatic N) is 3. The summed E-state index contributed by atoms with van der Waals surface area (Å²) in [7, 11) is 0. The molecule has 11 nitrogen and oxygen atoms in total. The summed E-state index contributed by atoms with van der Waals surface area (Å²) in [5, 5.41) is 26.3. The van der Waals surface area contributed by atoms with Gasteiger partial charge in [-0.2, -0.15) is 5.10 Å². The second kappa shape index (κ2) is 11.2. The number of hydrogen-bond donors (Lipinski definition) is 1. The summed E-state index contributed by atoms with van der Waals surface area (Å²) in [6.45, 7) is 9.95. The van der Waals surface area contributed by atoms with E-state index in [-0.39, 0.29) is 28.0 Å².